The number of nitrogens with zero attached hydrogens (tertiary/aromatic N) is 1. The van der Waals surface area contributed by atoms with Gasteiger partial charge in [0.05, 0.1) is 13.2 Å². The predicted octanol–water partition coefficient (Wildman–Crippen LogP) is 3.67. The molecular formula is C20H23FN2O. The zero-order chi connectivity index (χ0) is 16.4. The van der Waals surface area contributed by atoms with E-state index in [1.807, 2.05) is 12.1 Å². The van der Waals surface area contributed by atoms with Gasteiger partial charge in [0.15, 0.2) is 0 Å². The number of nitrogens with one attached hydrogen (secondary N) is 1. The number of benzene rings is 2. The van der Waals surface area contributed by atoms with Crippen LogP contribution in [0.2, 0.25) is 0 Å². The van der Waals surface area contributed by atoms with Crippen molar-refractivity contribution in [3.63, 3.8) is 0 Å². The Hall–Kier alpha value is -1.91. The van der Waals surface area contributed by atoms with E-state index in [-0.39, 0.29) is 5.82 Å². The molecule has 2 fully saturated rings. The number of piperidine rings is 1. The summed E-state index contributed by atoms with van der Waals surface area (Å²) in [5, 5.41) is 3.57. The third-order valence-electron chi connectivity index (χ3n) is 5.09. The monoisotopic (exact) mass is 326 g/mol. The van der Waals surface area contributed by atoms with Gasteiger partial charge in [0.1, 0.15) is 5.82 Å². The largest absolute Gasteiger partial charge is 0.382 e. The van der Waals surface area contributed by atoms with Crippen molar-refractivity contribution in [3.8, 4) is 0 Å². The summed E-state index contributed by atoms with van der Waals surface area (Å²) in [5.74, 6) is -0.191. The van der Waals surface area contributed by atoms with Crippen molar-refractivity contribution in [3.05, 3.63) is 66.0 Å². The van der Waals surface area contributed by atoms with Gasteiger partial charge in [-0.05, 0) is 42.7 Å². The van der Waals surface area contributed by atoms with Crippen molar-refractivity contribution in [1.29, 1.82) is 0 Å². The summed E-state index contributed by atoms with van der Waals surface area (Å²) in [6.07, 6.45) is 2.11. The van der Waals surface area contributed by atoms with Crippen LogP contribution in [0.5, 0.6) is 0 Å². The summed E-state index contributed by atoms with van der Waals surface area (Å²) in [7, 11) is 0. The van der Waals surface area contributed by atoms with Crippen molar-refractivity contribution in [2.45, 2.75) is 37.5 Å². The standard InChI is InChI=1S/C20H23FN2O/c21-16-6-8-17(9-7-16)22-18-10-19-13-24-14-20(11-18)23(19)12-15-4-2-1-3-5-15/h1-9,18-20,22H,10-14H2/t18?,19-,20+. The summed E-state index contributed by atoms with van der Waals surface area (Å²) < 4.78 is 18.9. The molecule has 0 spiro atoms. The zero-order valence-electron chi connectivity index (χ0n) is 13.7. The SMILES string of the molecule is Fc1ccc(NC2C[C@H]3COC[C@@H](C2)N3Cc2ccccc2)cc1. The number of ether oxygens (including phenoxy) is 1. The minimum atomic E-state index is -0.191. The van der Waals surface area contributed by atoms with Gasteiger partial charge in [-0.15, -0.1) is 0 Å². The molecule has 2 bridgehead atoms. The van der Waals surface area contributed by atoms with Crippen LogP contribution in [0.15, 0.2) is 54.6 Å². The molecule has 2 saturated heterocycles. The lowest BCUT2D eigenvalue weighted by Crippen LogP contribution is -2.58. The van der Waals surface area contributed by atoms with E-state index < -0.39 is 0 Å². The normalized spacial score (nSPS) is 27.0. The first-order valence-electron chi connectivity index (χ1n) is 8.67. The third kappa shape index (κ3) is 3.45. The number of morpholine rings is 1. The van der Waals surface area contributed by atoms with E-state index in [9.17, 15) is 4.39 Å². The first-order valence-corrected chi connectivity index (χ1v) is 8.67. The quantitative estimate of drug-likeness (QED) is 0.928. The van der Waals surface area contributed by atoms with Crippen molar-refractivity contribution < 1.29 is 9.13 Å². The first-order chi connectivity index (χ1) is 11.8. The molecule has 4 heteroatoms. The van der Waals surface area contributed by atoms with E-state index in [4.69, 9.17) is 4.74 Å². The van der Waals surface area contributed by atoms with E-state index in [1.54, 1.807) is 0 Å². The van der Waals surface area contributed by atoms with Crippen LogP contribution in [0.1, 0.15) is 18.4 Å². The fourth-order valence-corrected chi connectivity index (χ4v) is 3.94. The Labute approximate surface area is 142 Å². The summed E-state index contributed by atoms with van der Waals surface area (Å²) in [4.78, 5) is 2.60. The highest BCUT2D eigenvalue weighted by molar-refractivity contribution is 5.44. The second kappa shape index (κ2) is 6.91. The second-order valence-electron chi connectivity index (χ2n) is 6.82. The highest BCUT2D eigenvalue weighted by atomic mass is 19.1. The van der Waals surface area contributed by atoms with Gasteiger partial charge in [0.25, 0.3) is 0 Å². The predicted molar refractivity (Wildman–Crippen MR) is 93.4 cm³/mol. The van der Waals surface area contributed by atoms with Gasteiger partial charge >= 0.3 is 0 Å². The molecule has 1 unspecified atom stereocenters. The lowest BCUT2D eigenvalue weighted by molar-refractivity contribution is -0.0802. The van der Waals surface area contributed by atoms with Gasteiger partial charge in [0.2, 0.25) is 0 Å². The molecule has 2 aromatic rings. The summed E-state index contributed by atoms with van der Waals surface area (Å²) in [5.41, 5.74) is 2.36. The summed E-state index contributed by atoms with van der Waals surface area (Å²) >= 11 is 0. The molecule has 4 rings (SSSR count). The first kappa shape index (κ1) is 15.6. The van der Waals surface area contributed by atoms with Crippen LogP contribution < -0.4 is 5.32 Å². The molecule has 2 aromatic carbocycles. The van der Waals surface area contributed by atoms with Gasteiger partial charge < -0.3 is 10.1 Å². The highest BCUT2D eigenvalue weighted by Gasteiger charge is 2.38. The summed E-state index contributed by atoms with van der Waals surface area (Å²) in [6, 6.07) is 18.6. The molecule has 0 aliphatic carbocycles. The average molecular weight is 326 g/mol. The second-order valence-corrected chi connectivity index (χ2v) is 6.82. The van der Waals surface area contributed by atoms with Crippen LogP contribution in [0.4, 0.5) is 10.1 Å². The van der Waals surface area contributed by atoms with Crippen LogP contribution in [0.25, 0.3) is 0 Å². The van der Waals surface area contributed by atoms with Crippen LogP contribution >= 0.6 is 0 Å². The minimum absolute atomic E-state index is 0.191. The van der Waals surface area contributed by atoms with E-state index >= 15 is 0 Å². The van der Waals surface area contributed by atoms with Gasteiger partial charge in [0, 0.05) is 30.4 Å². The molecule has 2 aliphatic rings. The minimum Gasteiger partial charge on any atom is -0.382 e. The number of hydrogen-bond acceptors (Lipinski definition) is 3. The topological polar surface area (TPSA) is 24.5 Å². The maximum Gasteiger partial charge on any atom is 0.123 e. The highest BCUT2D eigenvalue weighted by Crippen LogP contribution is 2.31. The molecule has 0 aromatic heterocycles. The Morgan fingerprint density at radius 1 is 0.958 bits per heavy atom. The molecule has 24 heavy (non-hydrogen) atoms. The Kier molecular flexibility index (Phi) is 4.50. The molecule has 126 valence electrons. The molecular weight excluding hydrogens is 303 g/mol. The van der Waals surface area contributed by atoms with Gasteiger partial charge in [-0.1, -0.05) is 30.3 Å². The van der Waals surface area contributed by atoms with Gasteiger partial charge in [-0.3, -0.25) is 4.90 Å². The van der Waals surface area contributed by atoms with E-state index in [0.717, 1.165) is 38.3 Å². The molecule has 3 nitrogen and oxygen atoms in total. The smallest absolute Gasteiger partial charge is 0.123 e. The fraction of sp³-hybridized carbons (Fsp3) is 0.400. The van der Waals surface area contributed by atoms with Crippen LogP contribution in [-0.4, -0.2) is 36.2 Å². The Balaban J connectivity index is 1.43. The lowest BCUT2D eigenvalue weighted by Gasteiger charge is -2.48. The van der Waals surface area contributed by atoms with E-state index in [0.29, 0.717) is 18.1 Å². The number of rotatable bonds is 4. The summed E-state index contributed by atoms with van der Waals surface area (Å²) in [6.45, 7) is 2.58. The van der Waals surface area contributed by atoms with Gasteiger partial charge in [-0.2, -0.15) is 0 Å². The molecule has 1 N–H and O–H groups in total. The van der Waals surface area contributed by atoms with Crippen molar-refractivity contribution in [2.75, 3.05) is 18.5 Å². The van der Waals surface area contributed by atoms with E-state index in [2.05, 4.69) is 40.5 Å². The molecule has 2 aliphatic heterocycles. The number of fused-ring (bicyclic) bond motifs is 2. The molecule has 0 saturated carbocycles. The third-order valence-corrected chi connectivity index (χ3v) is 5.09. The van der Waals surface area contributed by atoms with E-state index in [1.165, 1.54) is 17.7 Å². The van der Waals surface area contributed by atoms with Crippen LogP contribution in [-0.2, 0) is 11.3 Å². The van der Waals surface area contributed by atoms with Crippen LogP contribution in [0.3, 0.4) is 0 Å². The number of anilines is 1. The Bertz CT molecular complexity index is 647. The lowest BCUT2D eigenvalue weighted by atomic mass is 9.89. The molecule has 2 heterocycles. The van der Waals surface area contributed by atoms with Crippen molar-refractivity contribution >= 4 is 5.69 Å². The maximum atomic E-state index is 13.1. The molecule has 0 radical (unpaired) electrons. The zero-order valence-corrected chi connectivity index (χ0v) is 13.7. The Morgan fingerprint density at radius 2 is 1.62 bits per heavy atom. The van der Waals surface area contributed by atoms with Gasteiger partial charge in [-0.25, -0.2) is 4.39 Å². The maximum absolute atomic E-state index is 13.1. The average Bonchev–Trinajstić information content (AvgIpc) is 2.58. The Morgan fingerprint density at radius 3 is 2.29 bits per heavy atom. The molecule has 0 amide bonds. The van der Waals surface area contributed by atoms with Crippen molar-refractivity contribution in [1.82, 2.24) is 4.90 Å². The number of halogens is 1. The molecule has 3 atom stereocenters. The number of hydrogen-bond donors (Lipinski definition) is 1. The fourth-order valence-electron chi connectivity index (χ4n) is 3.94. The van der Waals surface area contributed by atoms with Crippen LogP contribution in [0, 0.1) is 5.82 Å². The van der Waals surface area contributed by atoms with Crippen molar-refractivity contribution in [2.24, 2.45) is 0 Å².